The van der Waals surface area contributed by atoms with E-state index >= 15 is 0 Å². The van der Waals surface area contributed by atoms with Crippen molar-refractivity contribution in [2.45, 2.75) is 0 Å². The quantitative estimate of drug-likeness (QED) is 0.365. The van der Waals surface area contributed by atoms with Crippen molar-refractivity contribution in [2.75, 3.05) is 0 Å². The number of nitrogens with zero attached hydrogens (tertiary/aromatic N) is 2. The van der Waals surface area contributed by atoms with Crippen LogP contribution in [-0.4, -0.2) is 21.0 Å². The monoisotopic (exact) mass is 163 g/mol. The van der Waals surface area contributed by atoms with Gasteiger partial charge in [-0.3, -0.25) is 0 Å². The van der Waals surface area contributed by atoms with E-state index < -0.39 is 0 Å². The molecule has 0 heterocycles. The topological polar surface area (TPSA) is 67.3 Å². The zero-order chi connectivity index (χ0) is 8.97. The van der Waals surface area contributed by atoms with Gasteiger partial charge in [-0.15, -0.1) is 0 Å². The second kappa shape index (κ2) is 3.39. The zero-order valence-corrected chi connectivity index (χ0v) is 6.18. The molecule has 0 fully saturated rings. The molecular weight excluding hydrogens is 156 g/mol. The summed E-state index contributed by atoms with van der Waals surface area (Å²) >= 11 is 0. The molecule has 60 valence electrons. The Bertz CT molecular complexity index is 334. The van der Waals surface area contributed by atoms with Gasteiger partial charge in [0, 0.05) is 0 Å². The van der Waals surface area contributed by atoms with Crippen LogP contribution < -0.4 is 0 Å². The minimum atomic E-state index is -0.199. The third-order valence-electron chi connectivity index (χ3n) is 1.35. The Morgan fingerprint density at radius 3 is 2.25 bits per heavy atom. The molecule has 1 rings (SSSR count). The largest absolute Gasteiger partial charge is 0.394 e. The number of nitriles is 1. The molecule has 1 aromatic rings. The average Bonchev–Trinajstić information content (AvgIpc) is 2.07. The molecule has 0 aliphatic carbocycles. The summed E-state index contributed by atoms with van der Waals surface area (Å²) in [7, 11) is 0. The highest BCUT2D eigenvalue weighted by atomic mass is 16.8. The Labute approximate surface area is 69.2 Å². The van der Waals surface area contributed by atoms with Crippen molar-refractivity contribution >= 4 is 5.71 Å². The van der Waals surface area contributed by atoms with Crippen LogP contribution in [0, 0.1) is 11.3 Å². The number of benzene rings is 1. The molecule has 4 heteroatoms. The first-order valence-corrected chi connectivity index (χ1v) is 3.26. The van der Waals surface area contributed by atoms with E-state index in [0.29, 0.717) is 5.56 Å². The van der Waals surface area contributed by atoms with Crippen molar-refractivity contribution < 1.29 is 15.3 Å². The lowest BCUT2D eigenvalue weighted by Crippen LogP contribution is -2.13. The first kappa shape index (κ1) is 8.08. The summed E-state index contributed by atoms with van der Waals surface area (Å²) < 4.78 is 0. The summed E-state index contributed by atoms with van der Waals surface area (Å²) in [4.78, 5) is -0.185. The molecule has 0 atom stereocenters. The molecule has 0 aliphatic rings. The molecule has 0 saturated carbocycles. The average molecular weight is 163 g/mol. The summed E-state index contributed by atoms with van der Waals surface area (Å²) in [6, 6.07) is 10.1. The van der Waals surface area contributed by atoms with Crippen LogP contribution in [0.1, 0.15) is 5.56 Å². The fraction of sp³-hybridized carbons (Fsp3) is 0. The Kier molecular flexibility index (Phi) is 2.29. The van der Waals surface area contributed by atoms with E-state index in [1.165, 1.54) is 0 Å². The fourth-order valence-electron chi connectivity index (χ4n) is 0.821. The van der Waals surface area contributed by atoms with Crippen LogP contribution >= 0.6 is 0 Å². The van der Waals surface area contributed by atoms with Gasteiger partial charge in [0.2, 0.25) is 4.90 Å². The molecule has 0 saturated heterocycles. The molecule has 12 heavy (non-hydrogen) atoms. The molecule has 0 amide bonds. The third kappa shape index (κ3) is 1.52. The second-order valence-electron chi connectivity index (χ2n) is 2.12. The molecule has 0 bridgehead atoms. The van der Waals surface area contributed by atoms with Gasteiger partial charge >= 0.3 is 5.71 Å². The van der Waals surface area contributed by atoms with E-state index in [1.807, 2.05) is 0 Å². The Balaban J connectivity index is 3.17. The van der Waals surface area contributed by atoms with Gasteiger partial charge in [-0.05, 0) is 12.1 Å². The summed E-state index contributed by atoms with van der Waals surface area (Å²) in [5.41, 5.74) is 0.264. The highest BCUT2D eigenvalue weighted by Crippen LogP contribution is 1.98. The SMILES string of the molecule is N#CC(c1ccccc1)=[N+](O)O. The van der Waals surface area contributed by atoms with Gasteiger partial charge in [0.1, 0.15) is 0 Å². The van der Waals surface area contributed by atoms with Gasteiger partial charge in [0.25, 0.3) is 0 Å². The van der Waals surface area contributed by atoms with Crippen molar-refractivity contribution in [2.24, 2.45) is 0 Å². The maximum absolute atomic E-state index is 8.59. The van der Waals surface area contributed by atoms with E-state index in [1.54, 1.807) is 36.4 Å². The number of hydrogen-bond acceptors (Lipinski definition) is 3. The Morgan fingerprint density at radius 1 is 1.25 bits per heavy atom. The normalized spacial score (nSPS) is 8.58. The van der Waals surface area contributed by atoms with Gasteiger partial charge in [-0.1, -0.05) is 18.2 Å². The molecule has 0 radical (unpaired) electrons. The van der Waals surface area contributed by atoms with Gasteiger partial charge in [0.15, 0.2) is 6.07 Å². The zero-order valence-electron chi connectivity index (χ0n) is 6.18. The predicted octanol–water partition coefficient (Wildman–Crippen LogP) is 0.790. The molecule has 2 N–H and O–H groups in total. The second-order valence-corrected chi connectivity index (χ2v) is 2.12. The van der Waals surface area contributed by atoms with Crippen molar-refractivity contribution in [3.8, 4) is 6.07 Å². The fourth-order valence-corrected chi connectivity index (χ4v) is 0.821. The number of rotatable bonds is 1. The van der Waals surface area contributed by atoms with Crippen molar-refractivity contribution in [1.82, 2.24) is 0 Å². The summed E-state index contributed by atoms with van der Waals surface area (Å²) in [5, 5.41) is 25.7. The van der Waals surface area contributed by atoms with Crippen LogP contribution in [0.3, 0.4) is 0 Å². The lowest BCUT2D eigenvalue weighted by atomic mass is 10.1. The molecule has 0 unspecified atom stereocenters. The van der Waals surface area contributed by atoms with E-state index in [0.717, 1.165) is 0 Å². The summed E-state index contributed by atoms with van der Waals surface area (Å²) in [6.07, 6.45) is 0. The van der Waals surface area contributed by atoms with Crippen LogP contribution in [0.4, 0.5) is 0 Å². The van der Waals surface area contributed by atoms with Gasteiger partial charge in [-0.25, -0.2) is 10.4 Å². The molecule has 0 aliphatic heterocycles. The lowest BCUT2D eigenvalue weighted by molar-refractivity contribution is -0.954. The van der Waals surface area contributed by atoms with Gasteiger partial charge in [-0.2, -0.15) is 5.26 Å². The van der Waals surface area contributed by atoms with E-state index in [9.17, 15) is 0 Å². The minimum absolute atomic E-state index is 0.185. The highest BCUT2D eigenvalue weighted by molar-refractivity contribution is 6.07. The predicted molar refractivity (Wildman–Crippen MR) is 40.0 cm³/mol. The van der Waals surface area contributed by atoms with Crippen molar-refractivity contribution in [3.05, 3.63) is 35.9 Å². The van der Waals surface area contributed by atoms with Gasteiger partial charge < -0.3 is 0 Å². The van der Waals surface area contributed by atoms with Crippen LogP contribution in [0.25, 0.3) is 0 Å². The standard InChI is InChI=1S/C8H7N2O2/c9-6-8(10(11)12)7-4-2-1-3-5-7/h1-5,11-12H/q+1. The Hall–Kier alpha value is -2.02. The smallest absolute Gasteiger partial charge is 0.243 e. The maximum atomic E-state index is 8.59. The molecular formula is C8H7N2O2+. The molecule has 0 spiro atoms. The van der Waals surface area contributed by atoms with Crippen LogP contribution in [0.5, 0.6) is 0 Å². The Morgan fingerprint density at radius 2 is 1.83 bits per heavy atom. The van der Waals surface area contributed by atoms with Crippen molar-refractivity contribution in [3.63, 3.8) is 0 Å². The van der Waals surface area contributed by atoms with E-state index in [4.69, 9.17) is 15.7 Å². The summed E-state index contributed by atoms with van der Waals surface area (Å²) in [6.45, 7) is 0. The first-order chi connectivity index (χ1) is 5.75. The van der Waals surface area contributed by atoms with Crippen LogP contribution in [0.2, 0.25) is 0 Å². The molecule has 1 aromatic carbocycles. The van der Waals surface area contributed by atoms with Gasteiger partial charge in [0.05, 0.1) is 5.56 Å². The third-order valence-corrected chi connectivity index (χ3v) is 1.35. The van der Waals surface area contributed by atoms with E-state index in [-0.39, 0.29) is 10.6 Å². The van der Waals surface area contributed by atoms with Crippen LogP contribution in [0.15, 0.2) is 30.3 Å². The van der Waals surface area contributed by atoms with E-state index in [2.05, 4.69) is 0 Å². The molecule has 4 nitrogen and oxygen atoms in total. The summed E-state index contributed by atoms with van der Waals surface area (Å²) in [5.74, 6) is 0. The first-order valence-electron chi connectivity index (χ1n) is 3.26. The minimum Gasteiger partial charge on any atom is -0.243 e. The van der Waals surface area contributed by atoms with Crippen molar-refractivity contribution in [1.29, 1.82) is 5.26 Å². The van der Waals surface area contributed by atoms with Crippen LogP contribution in [-0.2, 0) is 0 Å². The highest BCUT2D eigenvalue weighted by Gasteiger charge is 2.15. The maximum Gasteiger partial charge on any atom is 0.394 e. The lowest BCUT2D eigenvalue weighted by Gasteiger charge is -1.88. The number of hydrogen-bond donors (Lipinski definition) is 2. The molecule has 0 aromatic heterocycles.